The van der Waals surface area contributed by atoms with Crippen LogP contribution in [-0.2, 0) is 14.8 Å². The number of rotatable bonds is 3. The molecule has 0 saturated heterocycles. The van der Waals surface area contributed by atoms with Gasteiger partial charge in [-0.3, -0.25) is 9.10 Å². The Morgan fingerprint density at radius 1 is 1.27 bits per heavy atom. The number of aryl methyl sites for hydroxylation is 2. The van der Waals surface area contributed by atoms with E-state index in [-0.39, 0.29) is 17.3 Å². The van der Waals surface area contributed by atoms with Crippen LogP contribution in [0.25, 0.3) is 10.7 Å². The Labute approximate surface area is 153 Å². The molecule has 10 heteroatoms. The normalized spacial score (nSPS) is 14.2. The first-order chi connectivity index (χ1) is 12.4. The lowest BCUT2D eigenvalue weighted by Crippen LogP contribution is -2.42. The number of aromatic nitrogens is 2. The van der Waals surface area contributed by atoms with E-state index < -0.39 is 10.0 Å². The molecule has 1 N–H and O–H groups in total. The largest absolute Gasteiger partial charge is 0.339 e. The number of para-hydroxylation sites is 2. The summed E-state index contributed by atoms with van der Waals surface area (Å²) in [6.07, 6.45) is 0. The zero-order valence-electron chi connectivity index (χ0n) is 13.9. The smallest absolute Gasteiger partial charge is 0.265 e. The average molecular weight is 390 g/mol. The molecule has 1 aromatic carbocycles. The van der Waals surface area contributed by atoms with Crippen LogP contribution in [0.3, 0.4) is 0 Å². The van der Waals surface area contributed by atoms with Crippen LogP contribution in [0.15, 0.2) is 39.8 Å². The van der Waals surface area contributed by atoms with Crippen LogP contribution in [0.4, 0.5) is 11.4 Å². The van der Waals surface area contributed by atoms with Crippen LogP contribution < -0.4 is 9.62 Å². The molecule has 1 amide bonds. The molecule has 0 spiro atoms. The topological polar surface area (TPSA) is 105 Å². The van der Waals surface area contributed by atoms with Gasteiger partial charge in [-0.15, -0.1) is 11.3 Å². The molecule has 4 rings (SSSR count). The maximum Gasteiger partial charge on any atom is 0.265 e. The number of hydrogen-bond acceptors (Lipinski definition) is 7. The third-order valence-electron chi connectivity index (χ3n) is 3.92. The predicted octanol–water partition coefficient (Wildman–Crippen LogP) is 2.56. The van der Waals surface area contributed by atoms with Crippen molar-refractivity contribution in [3.05, 3.63) is 41.1 Å². The van der Waals surface area contributed by atoms with Crippen LogP contribution in [0.2, 0.25) is 0 Å². The number of thiophene rings is 1. The lowest BCUT2D eigenvalue weighted by atomic mass is 10.2. The van der Waals surface area contributed by atoms with Crippen LogP contribution in [0.5, 0.6) is 0 Å². The molecule has 0 aliphatic carbocycles. The molecule has 0 radical (unpaired) electrons. The molecule has 3 aromatic rings. The van der Waals surface area contributed by atoms with Crippen LogP contribution in [-0.4, -0.2) is 31.0 Å². The summed E-state index contributed by atoms with van der Waals surface area (Å²) < 4.78 is 32.6. The Morgan fingerprint density at radius 2 is 2.04 bits per heavy atom. The molecule has 0 saturated carbocycles. The molecule has 134 valence electrons. The van der Waals surface area contributed by atoms with Gasteiger partial charge in [-0.2, -0.15) is 4.98 Å². The van der Waals surface area contributed by atoms with Gasteiger partial charge in [-0.05, 0) is 25.1 Å². The Morgan fingerprint density at radius 3 is 2.77 bits per heavy atom. The number of carbonyl (C=O) groups excluding carboxylic acids is 1. The summed E-state index contributed by atoms with van der Waals surface area (Å²) in [6.45, 7) is 3.10. The standard InChI is InChI=1S/C16H14N4O4S2/c1-9-14(7-13(25-9)16-17-10(2)24-19-16)26(22,23)20-8-15(21)18-11-5-3-4-6-12(11)20/h3-7H,8H2,1-2H3,(H,18,21). The Kier molecular flexibility index (Phi) is 3.81. The van der Waals surface area contributed by atoms with Gasteiger partial charge in [-0.25, -0.2) is 8.42 Å². The number of carbonyl (C=O) groups is 1. The number of benzene rings is 1. The van der Waals surface area contributed by atoms with Gasteiger partial charge in [0.05, 0.1) is 16.3 Å². The van der Waals surface area contributed by atoms with Crippen molar-refractivity contribution in [3.63, 3.8) is 0 Å². The van der Waals surface area contributed by atoms with Gasteiger partial charge in [0.15, 0.2) is 0 Å². The highest BCUT2D eigenvalue weighted by molar-refractivity contribution is 7.93. The molecule has 1 aliphatic rings. The quantitative estimate of drug-likeness (QED) is 0.737. The highest BCUT2D eigenvalue weighted by Gasteiger charge is 2.34. The van der Waals surface area contributed by atoms with Gasteiger partial charge < -0.3 is 9.84 Å². The van der Waals surface area contributed by atoms with Crippen molar-refractivity contribution in [1.29, 1.82) is 0 Å². The minimum atomic E-state index is -3.92. The number of hydrogen-bond donors (Lipinski definition) is 1. The molecular formula is C16H14N4O4S2. The predicted molar refractivity (Wildman–Crippen MR) is 96.7 cm³/mol. The lowest BCUT2D eigenvalue weighted by molar-refractivity contribution is -0.115. The van der Waals surface area contributed by atoms with Crippen LogP contribution in [0.1, 0.15) is 10.8 Å². The first-order valence-corrected chi connectivity index (χ1v) is 9.94. The summed E-state index contributed by atoms with van der Waals surface area (Å²) in [5, 5.41) is 6.52. The van der Waals surface area contributed by atoms with Gasteiger partial charge in [0.25, 0.3) is 10.0 Å². The number of nitrogens with zero attached hydrogens (tertiary/aromatic N) is 3. The number of nitrogens with one attached hydrogen (secondary N) is 1. The fraction of sp³-hybridized carbons (Fsp3) is 0.188. The van der Waals surface area contributed by atoms with Crippen molar-refractivity contribution in [2.45, 2.75) is 18.7 Å². The first kappa shape index (κ1) is 16.7. The number of fused-ring (bicyclic) bond motifs is 1. The minimum Gasteiger partial charge on any atom is -0.339 e. The SMILES string of the molecule is Cc1nc(-c2cc(S(=O)(=O)N3CC(=O)Nc4ccccc43)c(C)s2)no1. The van der Waals surface area contributed by atoms with Crippen molar-refractivity contribution in [2.75, 3.05) is 16.2 Å². The summed E-state index contributed by atoms with van der Waals surface area (Å²) in [6, 6.07) is 8.32. The molecule has 8 nitrogen and oxygen atoms in total. The van der Waals surface area contributed by atoms with Gasteiger partial charge in [0, 0.05) is 11.8 Å². The summed E-state index contributed by atoms with van der Waals surface area (Å²) >= 11 is 1.26. The maximum absolute atomic E-state index is 13.3. The van der Waals surface area contributed by atoms with E-state index in [0.717, 1.165) is 4.31 Å². The van der Waals surface area contributed by atoms with Gasteiger partial charge in [0.1, 0.15) is 11.4 Å². The zero-order valence-corrected chi connectivity index (χ0v) is 15.5. The van der Waals surface area contributed by atoms with Gasteiger partial charge in [0.2, 0.25) is 17.6 Å². The van der Waals surface area contributed by atoms with Crippen LogP contribution in [0, 0.1) is 13.8 Å². The zero-order chi connectivity index (χ0) is 18.5. The van der Waals surface area contributed by atoms with E-state index >= 15 is 0 Å². The average Bonchev–Trinajstić information content (AvgIpc) is 3.20. The van der Waals surface area contributed by atoms with E-state index in [4.69, 9.17) is 4.52 Å². The molecule has 1 aliphatic heterocycles. The molecule has 3 heterocycles. The van der Waals surface area contributed by atoms with Crippen molar-refractivity contribution in [1.82, 2.24) is 10.1 Å². The van der Waals surface area contributed by atoms with Crippen molar-refractivity contribution in [3.8, 4) is 10.7 Å². The second-order valence-corrected chi connectivity index (χ2v) is 8.83. The highest BCUT2D eigenvalue weighted by Crippen LogP contribution is 2.38. The van der Waals surface area contributed by atoms with E-state index in [1.165, 1.54) is 17.4 Å². The van der Waals surface area contributed by atoms with Gasteiger partial charge >= 0.3 is 0 Å². The van der Waals surface area contributed by atoms with E-state index in [0.29, 0.717) is 32.8 Å². The van der Waals surface area contributed by atoms with E-state index in [1.54, 1.807) is 38.1 Å². The molecule has 0 atom stereocenters. The summed E-state index contributed by atoms with van der Waals surface area (Å²) in [5.74, 6) is 0.361. The monoisotopic (exact) mass is 390 g/mol. The maximum atomic E-state index is 13.3. The number of amides is 1. The van der Waals surface area contributed by atoms with Crippen molar-refractivity contribution < 1.29 is 17.7 Å². The molecule has 2 aromatic heterocycles. The Hall–Kier alpha value is -2.72. The molecule has 0 unspecified atom stereocenters. The molecule has 0 fully saturated rings. The highest BCUT2D eigenvalue weighted by atomic mass is 32.2. The third-order valence-corrected chi connectivity index (χ3v) is 6.98. The number of anilines is 2. The van der Waals surface area contributed by atoms with E-state index in [9.17, 15) is 13.2 Å². The second-order valence-electron chi connectivity index (χ2n) is 5.75. The Balaban J connectivity index is 1.81. The third kappa shape index (κ3) is 2.67. The fourth-order valence-electron chi connectivity index (χ4n) is 2.77. The summed E-state index contributed by atoms with van der Waals surface area (Å²) in [4.78, 5) is 17.4. The molecular weight excluding hydrogens is 376 g/mol. The Bertz CT molecular complexity index is 1120. The fourth-order valence-corrected chi connectivity index (χ4v) is 5.70. The summed E-state index contributed by atoms with van der Waals surface area (Å²) in [7, 11) is -3.92. The van der Waals surface area contributed by atoms with E-state index in [2.05, 4.69) is 15.5 Å². The second kappa shape index (κ2) is 5.92. The molecule has 26 heavy (non-hydrogen) atoms. The summed E-state index contributed by atoms with van der Waals surface area (Å²) in [5.41, 5.74) is 0.906. The van der Waals surface area contributed by atoms with Crippen molar-refractivity contribution >= 4 is 38.6 Å². The van der Waals surface area contributed by atoms with Gasteiger partial charge in [-0.1, -0.05) is 17.3 Å². The van der Waals surface area contributed by atoms with Crippen LogP contribution >= 0.6 is 11.3 Å². The van der Waals surface area contributed by atoms with Crippen molar-refractivity contribution in [2.24, 2.45) is 0 Å². The lowest BCUT2D eigenvalue weighted by Gasteiger charge is -2.29. The minimum absolute atomic E-state index is 0.129. The first-order valence-electron chi connectivity index (χ1n) is 7.69. The number of sulfonamides is 1. The molecule has 0 bridgehead atoms. The van der Waals surface area contributed by atoms with E-state index in [1.807, 2.05) is 0 Å².